The lowest BCUT2D eigenvalue weighted by Gasteiger charge is -2.19. The van der Waals surface area contributed by atoms with Crippen molar-refractivity contribution >= 4 is 23.2 Å². The van der Waals surface area contributed by atoms with Gasteiger partial charge in [-0.1, -0.05) is 17.5 Å². The molecule has 0 bridgehead atoms. The minimum Gasteiger partial charge on any atom is -0.378 e. The molecular formula is C26H24ClF4N5O2. The van der Waals surface area contributed by atoms with Crippen molar-refractivity contribution in [2.45, 2.75) is 43.4 Å². The van der Waals surface area contributed by atoms with E-state index in [0.717, 1.165) is 10.7 Å². The lowest BCUT2D eigenvalue weighted by atomic mass is 9.92. The van der Waals surface area contributed by atoms with E-state index in [1.807, 2.05) is 0 Å². The van der Waals surface area contributed by atoms with Crippen LogP contribution in [0.15, 0.2) is 30.6 Å². The van der Waals surface area contributed by atoms with Crippen LogP contribution in [0.1, 0.15) is 59.2 Å². The number of amides is 1. The third-order valence-electron chi connectivity index (χ3n) is 7.38. The normalized spacial score (nSPS) is 24.7. The second-order valence-corrected chi connectivity index (χ2v) is 10.5. The maximum atomic E-state index is 13.5. The SMILES string of the molecule is Cn1cnc(C2CC3CC(O)(C#Cc4cc(C(F)(F)F)nn4C)CC3C2)c1C(=O)Nc1ccc(F)c(Cl)c1. The Morgan fingerprint density at radius 1 is 1.21 bits per heavy atom. The van der Waals surface area contributed by atoms with Gasteiger partial charge in [-0.15, -0.1) is 0 Å². The number of alkyl halides is 3. The fourth-order valence-electron chi connectivity index (χ4n) is 5.68. The van der Waals surface area contributed by atoms with Gasteiger partial charge < -0.3 is 15.0 Å². The zero-order valence-corrected chi connectivity index (χ0v) is 21.2. The molecule has 38 heavy (non-hydrogen) atoms. The molecule has 0 aliphatic heterocycles. The monoisotopic (exact) mass is 549 g/mol. The third-order valence-corrected chi connectivity index (χ3v) is 7.67. The van der Waals surface area contributed by atoms with Crippen LogP contribution < -0.4 is 5.32 Å². The molecule has 7 nitrogen and oxygen atoms in total. The fraction of sp³-hybridized carbons (Fsp3) is 0.423. The van der Waals surface area contributed by atoms with Gasteiger partial charge in [0.15, 0.2) is 5.69 Å². The van der Waals surface area contributed by atoms with Crippen LogP contribution in [-0.2, 0) is 20.3 Å². The molecule has 2 aromatic heterocycles. The van der Waals surface area contributed by atoms with Crippen molar-refractivity contribution in [1.82, 2.24) is 19.3 Å². The lowest BCUT2D eigenvalue weighted by molar-refractivity contribution is -0.141. The van der Waals surface area contributed by atoms with E-state index < -0.39 is 29.2 Å². The summed E-state index contributed by atoms with van der Waals surface area (Å²) in [6, 6.07) is 4.80. The van der Waals surface area contributed by atoms with Crippen molar-refractivity contribution in [3.8, 4) is 11.8 Å². The highest BCUT2D eigenvalue weighted by molar-refractivity contribution is 6.31. The van der Waals surface area contributed by atoms with Crippen molar-refractivity contribution in [1.29, 1.82) is 0 Å². The van der Waals surface area contributed by atoms with Crippen LogP contribution in [-0.4, -0.2) is 35.9 Å². The number of hydrogen-bond acceptors (Lipinski definition) is 4. The van der Waals surface area contributed by atoms with Gasteiger partial charge in [-0.25, -0.2) is 9.37 Å². The number of aromatic nitrogens is 4. The zero-order valence-electron chi connectivity index (χ0n) is 20.5. The van der Waals surface area contributed by atoms with Gasteiger partial charge >= 0.3 is 6.18 Å². The first-order valence-electron chi connectivity index (χ1n) is 12.0. The first-order chi connectivity index (χ1) is 17.8. The molecule has 5 rings (SSSR count). The van der Waals surface area contributed by atoms with Gasteiger partial charge in [0.05, 0.1) is 17.0 Å². The summed E-state index contributed by atoms with van der Waals surface area (Å²) in [5, 5.41) is 17.2. The number of carbonyl (C=O) groups is 1. The Kier molecular flexibility index (Phi) is 6.52. The number of aliphatic hydroxyl groups is 1. The smallest absolute Gasteiger partial charge is 0.378 e. The van der Waals surface area contributed by atoms with Crippen molar-refractivity contribution in [3.05, 3.63) is 64.2 Å². The first-order valence-corrected chi connectivity index (χ1v) is 12.3. The number of fused-ring (bicyclic) bond motifs is 1. The third kappa shape index (κ3) is 5.02. The van der Waals surface area contributed by atoms with Crippen LogP contribution in [0.4, 0.5) is 23.2 Å². The van der Waals surface area contributed by atoms with Gasteiger partial charge in [-0.3, -0.25) is 9.48 Å². The Balaban J connectivity index is 1.28. The summed E-state index contributed by atoms with van der Waals surface area (Å²) in [5.41, 5.74) is -0.864. The number of imidazole rings is 1. The average molecular weight is 550 g/mol. The van der Waals surface area contributed by atoms with Crippen molar-refractivity contribution in [3.63, 3.8) is 0 Å². The molecule has 2 fully saturated rings. The number of rotatable bonds is 3. The second kappa shape index (κ2) is 9.43. The summed E-state index contributed by atoms with van der Waals surface area (Å²) in [6.07, 6.45) is -0.847. The fourth-order valence-corrected chi connectivity index (χ4v) is 5.86. The molecule has 2 unspecified atom stereocenters. The van der Waals surface area contributed by atoms with Gasteiger partial charge in [0.1, 0.15) is 22.8 Å². The molecular weight excluding hydrogens is 526 g/mol. The van der Waals surface area contributed by atoms with Crippen LogP contribution in [0.25, 0.3) is 0 Å². The number of anilines is 1. The molecule has 2 aliphatic rings. The largest absolute Gasteiger partial charge is 0.435 e. The molecule has 2 heterocycles. The molecule has 3 aromatic rings. The quantitative estimate of drug-likeness (QED) is 0.359. The Bertz CT molecular complexity index is 1450. The van der Waals surface area contributed by atoms with E-state index in [-0.39, 0.29) is 28.5 Å². The zero-order chi connectivity index (χ0) is 27.4. The number of nitrogens with one attached hydrogen (secondary N) is 1. The summed E-state index contributed by atoms with van der Waals surface area (Å²) in [6.45, 7) is 0. The lowest BCUT2D eigenvalue weighted by Crippen LogP contribution is -2.24. The summed E-state index contributed by atoms with van der Waals surface area (Å²) >= 11 is 5.83. The molecule has 0 saturated heterocycles. The van der Waals surface area contributed by atoms with E-state index in [1.165, 1.54) is 25.2 Å². The predicted molar refractivity (Wildman–Crippen MR) is 131 cm³/mol. The van der Waals surface area contributed by atoms with E-state index >= 15 is 0 Å². The molecule has 1 amide bonds. The topological polar surface area (TPSA) is 85.0 Å². The van der Waals surface area contributed by atoms with E-state index in [1.54, 1.807) is 17.9 Å². The first kappa shape index (κ1) is 26.3. The van der Waals surface area contributed by atoms with Crippen LogP contribution >= 0.6 is 11.6 Å². The van der Waals surface area contributed by atoms with E-state index in [2.05, 4.69) is 27.2 Å². The van der Waals surface area contributed by atoms with Crippen LogP contribution in [0.5, 0.6) is 0 Å². The maximum Gasteiger partial charge on any atom is 0.435 e. The van der Waals surface area contributed by atoms with Crippen LogP contribution in [0, 0.1) is 29.5 Å². The number of aryl methyl sites for hydroxylation is 2. The van der Waals surface area contributed by atoms with Crippen molar-refractivity contribution < 1.29 is 27.5 Å². The maximum absolute atomic E-state index is 13.5. The Morgan fingerprint density at radius 2 is 1.89 bits per heavy atom. The molecule has 0 radical (unpaired) electrons. The highest BCUT2D eigenvalue weighted by atomic mass is 35.5. The number of hydrogen-bond donors (Lipinski definition) is 2. The van der Waals surface area contributed by atoms with Crippen LogP contribution in [0.3, 0.4) is 0 Å². The van der Waals surface area contributed by atoms with Gasteiger partial charge in [0.2, 0.25) is 0 Å². The minimum absolute atomic E-state index is 0.00678. The predicted octanol–water partition coefficient (Wildman–Crippen LogP) is 4.90. The highest BCUT2D eigenvalue weighted by Gasteiger charge is 2.49. The van der Waals surface area contributed by atoms with Gasteiger partial charge in [-0.2, -0.15) is 18.3 Å². The Labute approximate surface area is 220 Å². The second-order valence-electron chi connectivity index (χ2n) is 10.1. The van der Waals surface area contributed by atoms with Crippen LogP contribution in [0.2, 0.25) is 5.02 Å². The summed E-state index contributed by atoms with van der Waals surface area (Å²) in [4.78, 5) is 17.6. The summed E-state index contributed by atoms with van der Waals surface area (Å²) in [5.74, 6) is 4.74. The standard InChI is InChI=1S/C26H24ClF4N5O2/c1-35-13-32-22(23(35)24(37)33-17-3-4-20(28)19(27)9-17)14-7-15-11-25(38,12-16(15)8-14)6-5-18-10-21(26(29,30)31)34-36(18)2/h3-4,9-10,13-16,38H,7-8,11-12H2,1-2H3,(H,33,37). The Morgan fingerprint density at radius 3 is 2.50 bits per heavy atom. The molecule has 12 heteroatoms. The van der Waals surface area contributed by atoms with E-state index in [9.17, 15) is 27.5 Å². The van der Waals surface area contributed by atoms with Crippen molar-refractivity contribution in [2.75, 3.05) is 5.32 Å². The molecule has 0 spiro atoms. The molecule has 1 aromatic carbocycles. The molecule has 2 atom stereocenters. The number of carbonyl (C=O) groups excluding carboxylic acids is 1. The average Bonchev–Trinajstić information content (AvgIpc) is 3.56. The molecule has 2 saturated carbocycles. The van der Waals surface area contributed by atoms with Gasteiger partial charge in [0, 0.05) is 31.8 Å². The Hall–Kier alpha value is -3.36. The van der Waals surface area contributed by atoms with E-state index in [0.29, 0.717) is 42.8 Å². The van der Waals surface area contributed by atoms with Gasteiger partial charge in [0.25, 0.3) is 5.91 Å². The molecule has 200 valence electrons. The minimum atomic E-state index is -4.57. The highest BCUT2D eigenvalue weighted by Crippen LogP contribution is 2.53. The summed E-state index contributed by atoms with van der Waals surface area (Å²) in [7, 11) is 3.10. The number of benzene rings is 1. The summed E-state index contributed by atoms with van der Waals surface area (Å²) < 4.78 is 54.9. The number of halogens is 5. The van der Waals surface area contributed by atoms with Crippen molar-refractivity contribution in [2.24, 2.45) is 25.9 Å². The number of nitrogens with zero attached hydrogens (tertiary/aromatic N) is 4. The van der Waals surface area contributed by atoms with E-state index in [4.69, 9.17) is 11.6 Å². The molecule has 2 aliphatic carbocycles. The van der Waals surface area contributed by atoms with Gasteiger partial charge in [-0.05, 0) is 61.6 Å². The molecule has 2 N–H and O–H groups in total.